The van der Waals surface area contributed by atoms with Gasteiger partial charge in [0.2, 0.25) is 0 Å². The third kappa shape index (κ3) is 3.31. The highest BCUT2D eigenvalue weighted by atomic mass is 19.1. The minimum absolute atomic E-state index is 0.0861. The maximum Gasteiger partial charge on any atom is 0.319 e. The van der Waals surface area contributed by atoms with Crippen LogP contribution in [0.15, 0.2) is 30.9 Å². The molecule has 122 valence electrons. The van der Waals surface area contributed by atoms with Crippen LogP contribution in [-0.2, 0) is 11.3 Å². The molecule has 2 N–H and O–H groups in total. The molecule has 0 spiro atoms. The van der Waals surface area contributed by atoms with Gasteiger partial charge >= 0.3 is 6.03 Å². The molecule has 0 radical (unpaired) electrons. The Labute approximate surface area is 132 Å². The van der Waals surface area contributed by atoms with E-state index in [0.29, 0.717) is 13.0 Å². The molecule has 0 aromatic carbocycles. The van der Waals surface area contributed by atoms with Crippen molar-refractivity contribution in [1.29, 1.82) is 0 Å². The highest BCUT2D eigenvalue weighted by Crippen LogP contribution is 2.28. The standard InChI is InChI=1S/C15H18FN5O2/c1-2-21-7-6-18-14(21)13-12(4-8-23-13)20-15(22)19-11-3-5-17-9-10(11)16/h3,5-7,9,12-13H,2,4,8H2,1H3,(H2,17,19,20,22)/t12-,13-/m0/s1. The minimum atomic E-state index is -0.580. The molecule has 1 saturated heterocycles. The monoisotopic (exact) mass is 319 g/mol. The fourth-order valence-corrected chi connectivity index (χ4v) is 2.64. The molecule has 1 aliphatic rings. The van der Waals surface area contributed by atoms with Crippen LogP contribution in [0.4, 0.5) is 14.9 Å². The molecule has 0 bridgehead atoms. The van der Waals surface area contributed by atoms with E-state index in [1.807, 2.05) is 17.7 Å². The van der Waals surface area contributed by atoms with Crippen LogP contribution in [0.5, 0.6) is 0 Å². The lowest BCUT2D eigenvalue weighted by Gasteiger charge is -2.20. The van der Waals surface area contributed by atoms with Crippen molar-refractivity contribution >= 4 is 11.7 Å². The zero-order chi connectivity index (χ0) is 16.2. The topological polar surface area (TPSA) is 81.1 Å². The van der Waals surface area contributed by atoms with E-state index in [0.717, 1.165) is 18.6 Å². The van der Waals surface area contributed by atoms with Crippen LogP contribution in [0.2, 0.25) is 0 Å². The molecule has 2 amide bonds. The Balaban J connectivity index is 1.67. The zero-order valence-corrected chi connectivity index (χ0v) is 12.7. The molecule has 2 atom stereocenters. The second-order valence-corrected chi connectivity index (χ2v) is 5.21. The summed E-state index contributed by atoms with van der Waals surface area (Å²) in [7, 11) is 0. The summed E-state index contributed by atoms with van der Waals surface area (Å²) in [6.07, 6.45) is 6.42. The summed E-state index contributed by atoms with van der Waals surface area (Å²) in [6, 6.07) is 0.708. The summed E-state index contributed by atoms with van der Waals surface area (Å²) >= 11 is 0. The Morgan fingerprint density at radius 3 is 3.17 bits per heavy atom. The van der Waals surface area contributed by atoms with E-state index in [9.17, 15) is 9.18 Å². The Bertz CT molecular complexity index is 690. The van der Waals surface area contributed by atoms with Gasteiger partial charge in [-0.1, -0.05) is 0 Å². The van der Waals surface area contributed by atoms with E-state index in [1.54, 1.807) is 6.20 Å². The molecule has 2 aromatic heterocycles. The Morgan fingerprint density at radius 2 is 2.39 bits per heavy atom. The summed E-state index contributed by atoms with van der Waals surface area (Å²) in [4.78, 5) is 20.1. The number of pyridine rings is 1. The fourth-order valence-electron chi connectivity index (χ4n) is 2.64. The summed E-state index contributed by atoms with van der Waals surface area (Å²) in [5, 5.41) is 5.31. The highest BCUT2D eigenvalue weighted by Gasteiger charge is 2.33. The van der Waals surface area contributed by atoms with Crippen molar-refractivity contribution in [2.24, 2.45) is 0 Å². The van der Waals surface area contributed by atoms with Crippen LogP contribution in [0, 0.1) is 5.82 Å². The van der Waals surface area contributed by atoms with E-state index in [4.69, 9.17) is 4.74 Å². The first-order valence-corrected chi connectivity index (χ1v) is 7.48. The molecule has 1 fully saturated rings. The number of nitrogens with one attached hydrogen (secondary N) is 2. The molecular formula is C15H18FN5O2. The second-order valence-electron chi connectivity index (χ2n) is 5.21. The molecule has 3 heterocycles. The van der Waals surface area contributed by atoms with Crippen molar-refractivity contribution in [3.63, 3.8) is 0 Å². The molecule has 0 saturated carbocycles. The number of carbonyl (C=O) groups excluding carboxylic acids is 1. The molecular weight excluding hydrogens is 301 g/mol. The number of aryl methyl sites for hydroxylation is 1. The lowest BCUT2D eigenvalue weighted by molar-refractivity contribution is 0.0906. The van der Waals surface area contributed by atoms with Gasteiger partial charge in [0.1, 0.15) is 11.9 Å². The molecule has 7 nitrogen and oxygen atoms in total. The van der Waals surface area contributed by atoms with Crippen molar-refractivity contribution in [3.05, 3.63) is 42.5 Å². The van der Waals surface area contributed by atoms with Gasteiger partial charge in [0.15, 0.2) is 5.82 Å². The molecule has 8 heteroatoms. The minimum Gasteiger partial charge on any atom is -0.368 e. The van der Waals surface area contributed by atoms with Crippen LogP contribution in [0.3, 0.4) is 0 Å². The Hall–Kier alpha value is -2.48. The van der Waals surface area contributed by atoms with E-state index >= 15 is 0 Å². The fraction of sp³-hybridized carbons (Fsp3) is 0.400. The number of hydrogen-bond donors (Lipinski definition) is 2. The number of urea groups is 1. The van der Waals surface area contributed by atoms with Gasteiger partial charge in [0.05, 0.1) is 17.9 Å². The van der Waals surface area contributed by atoms with Crippen molar-refractivity contribution in [1.82, 2.24) is 19.9 Å². The van der Waals surface area contributed by atoms with E-state index < -0.39 is 11.8 Å². The number of hydrogen-bond acceptors (Lipinski definition) is 4. The average molecular weight is 319 g/mol. The number of carbonyl (C=O) groups is 1. The van der Waals surface area contributed by atoms with Gasteiger partial charge in [-0.3, -0.25) is 4.98 Å². The van der Waals surface area contributed by atoms with Gasteiger partial charge in [-0.25, -0.2) is 14.2 Å². The number of ether oxygens (including phenoxy) is 1. The van der Waals surface area contributed by atoms with Gasteiger partial charge in [0.25, 0.3) is 0 Å². The molecule has 1 aliphatic heterocycles. The van der Waals surface area contributed by atoms with Crippen molar-refractivity contribution in [3.8, 4) is 0 Å². The Morgan fingerprint density at radius 1 is 1.52 bits per heavy atom. The average Bonchev–Trinajstić information content (AvgIpc) is 3.17. The number of amides is 2. The van der Waals surface area contributed by atoms with Crippen LogP contribution in [0.25, 0.3) is 0 Å². The lowest BCUT2D eigenvalue weighted by Crippen LogP contribution is -2.40. The van der Waals surface area contributed by atoms with E-state index in [2.05, 4.69) is 20.6 Å². The van der Waals surface area contributed by atoms with Gasteiger partial charge in [0, 0.05) is 31.7 Å². The van der Waals surface area contributed by atoms with Crippen LogP contribution in [-0.4, -0.2) is 33.2 Å². The summed E-state index contributed by atoms with van der Waals surface area (Å²) in [6.45, 7) is 3.33. The number of nitrogens with zero attached hydrogens (tertiary/aromatic N) is 3. The summed E-state index contributed by atoms with van der Waals surface area (Å²) in [5.74, 6) is 0.203. The van der Waals surface area contributed by atoms with Gasteiger partial charge in [-0.15, -0.1) is 0 Å². The molecule has 0 aliphatic carbocycles. The smallest absolute Gasteiger partial charge is 0.319 e. The van der Waals surface area contributed by atoms with Gasteiger partial charge < -0.3 is 19.9 Å². The lowest BCUT2D eigenvalue weighted by atomic mass is 10.1. The van der Waals surface area contributed by atoms with E-state index in [-0.39, 0.29) is 17.8 Å². The maximum atomic E-state index is 13.5. The second kappa shape index (κ2) is 6.74. The first kappa shape index (κ1) is 15.4. The highest BCUT2D eigenvalue weighted by molar-refractivity contribution is 5.89. The third-order valence-corrected chi connectivity index (χ3v) is 3.77. The third-order valence-electron chi connectivity index (χ3n) is 3.77. The molecule has 3 rings (SSSR count). The molecule has 2 aromatic rings. The van der Waals surface area contributed by atoms with Crippen LogP contribution in [0.1, 0.15) is 25.3 Å². The predicted molar refractivity (Wildman–Crippen MR) is 81.3 cm³/mol. The largest absolute Gasteiger partial charge is 0.368 e. The molecule has 23 heavy (non-hydrogen) atoms. The van der Waals surface area contributed by atoms with Crippen LogP contribution < -0.4 is 10.6 Å². The maximum absolute atomic E-state index is 13.5. The van der Waals surface area contributed by atoms with Crippen molar-refractivity contribution in [2.45, 2.75) is 32.0 Å². The van der Waals surface area contributed by atoms with Gasteiger partial charge in [-0.05, 0) is 19.4 Å². The zero-order valence-electron chi connectivity index (χ0n) is 12.7. The van der Waals surface area contributed by atoms with Crippen molar-refractivity contribution < 1.29 is 13.9 Å². The number of anilines is 1. The van der Waals surface area contributed by atoms with Gasteiger partial charge in [-0.2, -0.15) is 0 Å². The predicted octanol–water partition coefficient (Wildman–Crippen LogP) is 2.09. The first-order chi connectivity index (χ1) is 11.2. The number of halogens is 1. The SMILES string of the molecule is CCn1ccnc1[C@H]1OCC[C@@H]1NC(=O)Nc1ccncc1F. The summed E-state index contributed by atoms with van der Waals surface area (Å²) < 4.78 is 21.2. The quantitative estimate of drug-likeness (QED) is 0.904. The number of imidazole rings is 1. The number of rotatable bonds is 4. The van der Waals surface area contributed by atoms with Crippen molar-refractivity contribution in [2.75, 3.05) is 11.9 Å². The normalized spacial score (nSPS) is 20.4. The summed E-state index contributed by atoms with van der Waals surface area (Å²) in [5.41, 5.74) is 0.0861. The molecule has 0 unspecified atom stereocenters. The number of aromatic nitrogens is 3. The Kier molecular flexibility index (Phi) is 4.52. The van der Waals surface area contributed by atoms with Crippen LogP contribution >= 0.6 is 0 Å². The van der Waals surface area contributed by atoms with E-state index in [1.165, 1.54) is 12.3 Å². The first-order valence-electron chi connectivity index (χ1n) is 7.48.